The molecule has 1 atom stereocenters. The minimum atomic E-state index is -0.335. The quantitative estimate of drug-likeness (QED) is 0.378. The first kappa shape index (κ1) is 27.6. The molecular weight excluding hydrogens is 541 g/mol. The van der Waals surface area contributed by atoms with Crippen molar-refractivity contribution < 1.29 is 23.5 Å². The van der Waals surface area contributed by atoms with Crippen molar-refractivity contribution in [2.45, 2.75) is 12.5 Å². The van der Waals surface area contributed by atoms with Crippen LogP contribution in [0.15, 0.2) is 60.0 Å². The molecule has 1 fully saturated rings. The lowest BCUT2D eigenvalue weighted by Gasteiger charge is -2.37. The van der Waals surface area contributed by atoms with Crippen LogP contribution in [-0.2, 0) is 16.0 Å². The molecule has 1 aromatic heterocycles. The van der Waals surface area contributed by atoms with Crippen LogP contribution in [0.3, 0.4) is 0 Å². The summed E-state index contributed by atoms with van der Waals surface area (Å²) in [5, 5.41) is 2.50. The summed E-state index contributed by atoms with van der Waals surface area (Å²) in [7, 11) is 0. The van der Waals surface area contributed by atoms with Crippen molar-refractivity contribution in [2.75, 3.05) is 59.1 Å². The Bertz CT molecular complexity index is 1280. The number of fused-ring (bicyclic) bond motifs is 1. The zero-order valence-electron chi connectivity index (χ0n) is 21.6. The summed E-state index contributed by atoms with van der Waals surface area (Å²) >= 11 is 7.84. The van der Waals surface area contributed by atoms with Crippen molar-refractivity contribution in [1.29, 1.82) is 0 Å². The van der Waals surface area contributed by atoms with Gasteiger partial charge in [0, 0.05) is 48.2 Å². The Kier molecular flexibility index (Phi) is 9.13. The maximum Gasteiger partial charge on any atom is 0.254 e. The minimum absolute atomic E-state index is 0.0534. The first-order valence-corrected chi connectivity index (χ1v) is 14.3. The number of amides is 2. The highest BCUT2D eigenvalue weighted by Gasteiger charge is 2.34. The molecule has 0 aliphatic carbocycles. The van der Waals surface area contributed by atoms with Crippen LogP contribution in [-0.4, -0.2) is 85.6 Å². The fraction of sp³-hybridized carbons (Fsp3) is 0.379. The van der Waals surface area contributed by atoms with Crippen molar-refractivity contribution >= 4 is 34.8 Å². The predicted molar refractivity (Wildman–Crippen MR) is 149 cm³/mol. The number of hydrogen-bond donors (Lipinski definition) is 0. The molecule has 2 aliphatic heterocycles. The average molecular weight is 572 g/mol. The average Bonchev–Trinajstić information content (AvgIpc) is 3.44. The van der Waals surface area contributed by atoms with Crippen molar-refractivity contribution in [1.82, 2.24) is 14.7 Å². The summed E-state index contributed by atoms with van der Waals surface area (Å²) in [5.41, 5.74) is 1.51. The molecule has 2 aromatic carbocycles. The molecule has 39 heavy (non-hydrogen) atoms. The number of ether oxygens (including phenoxy) is 2. The van der Waals surface area contributed by atoms with Gasteiger partial charge >= 0.3 is 0 Å². The molecule has 7 nitrogen and oxygen atoms in total. The van der Waals surface area contributed by atoms with Crippen LogP contribution in [0, 0.1) is 5.82 Å². The monoisotopic (exact) mass is 571 g/mol. The van der Waals surface area contributed by atoms with Gasteiger partial charge in [-0.15, -0.1) is 11.3 Å². The third kappa shape index (κ3) is 6.97. The van der Waals surface area contributed by atoms with E-state index >= 15 is 0 Å². The predicted octanol–water partition coefficient (Wildman–Crippen LogP) is 4.52. The molecule has 10 heteroatoms. The fourth-order valence-corrected chi connectivity index (χ4v) is 6.10. The SMILES string of the molecule is O=C(c1cccc(Cl)c1)N(CCN1CCOCC1)CC(=O)N1CCc2sccc2C1COc1ccc(F)cc1. The molecule has 0 spiro atoms. The molecule has 1 unspecified atom stereocenters. The van der Waals surface area contributed by atoms with Crippen molar-refractivity contribution in [3.63, 3.8) is 0 Å². The number of carbonyl (C=O) groups excluding carboxylic acids is 2. The lowest BCUT2D eigenvalue weighted by Crippen LogP contribution is -2.49. The molecule has 3 heterocycles. The molecule has 0 saturated carbocycles. The Hall–Kier alpha value is -2.98. The molecule has 3 aromatic rings. The Morgan fingerprint density at radius 2 is 1.90 bits per heavy atom. The zero-order chi connectivity index (χ0) is 27.2. The standard InChI is InChI=1S/C29H31ClFN3O4S/c30-22-3-1-2-21(18-22)29(36)33(12-11-32-13-15-37-16-14-32)19-28(35)34-10-8-27-25(9-17-39-27)26(34)20-38-24-6-4-23(31)5-7-24/h1-7,9,17-18,26H,8,10-16,19-20H2. The van der Waals surface area contributed by atoms with E-state index in [4.69, 9.17) is 21.1 Å². The van der Waals surface area contributed by atoms with E-state index in [9.17, 15) is 14.0 Å². The maximum absolute atomic E-state index is 13.8. The van der Waals surface area contributed by atoms with E-state index in [1.165, 1.54) is 17.0 Å². The van der Waals surface area contributed by atoms with Gasteiger partial charge in [0.25, 0.3) is 5.91 Å². The lowest BCUT2D eigenvalue weighted by molar-refractivity contribution is -0.135. The fourth-order valence-electron chi connectivity index (χ4n) is 4.98. The van der Waals surface area contributed by atoms with Gasteiger partial charge in [0.15, 0.2) is 0 Å². The first-order valence-electron chi connectivity index (χ1n) is 13.1. The molecule has 206 valence electrons. The van der Waals surface area contributed by atoms with Crippen LogP contribution in [0.25, 0.3) is 0 Å². The van der Waals surface area contributed by atoms with E-state index in [1.54, 1.807) is 52.6 Å². The number of halogens is 2. The summed E-state index contributed by atoms with van der Waals surface area (Å²) < 4.78 is 24.8. The summed E-state index contributed by atoms with van der Waals surface area (Å²) in [5.74, 6) is -0.170. The van der Waals surface area contributed by atoms with Gasteiger partial charge in [-0.1, -0.05) is 17.7 Å². The number of morpholine rings is 1. The van der Waals surface area contributed by atoms with Gasteiger partial charge in [-0.25, -0.2) is 4.39 Å². The van der Waals surface area contributed by atoms with Gasteiger partial charge in [0.05, 0.1) is 19.3 Å². The van der Waals surface area contributed by atoms with Crippen molar-refractivity contribution in [3.05, 3.63) is 86.8 Å². The van der Waals surface area contributed by atoms with Crippen molar-refractivity contribution in [3.8, 4) is 5.75 Å². The highest BCUT2D eigenvalue weighted by molar-refractivity contribution is 7.10. The molecule has 0 bridgehead atoms. The topological polar surface area (TPSA) is 62.3 Å². The third-order valence-electron chi connectivity index (χ3n) is 7.11. The number of benzene rings is 2. The highest BCUT2D eigenvalue weighted by Crippen LogP contribution is 2.34. The van der Waals surface area contributed by atoms with E-state index < -0.39 is 0 Å². The molecule has 0 radical (unpaired) electrons. The minimum Gasteiger partial charge on any atom is -0.491 e. The smallest absolute Gasteiger partial charge is 0.254 e. The number of hydrogen-bond acceptors (Lipinski definition) is 6. The second-order valence-electron chi connectivity index (χ2n) is 9.61. The Morgan fingerprint density at radius 1 is 1.10 bits per heavy atom. The maximum atomic E-state index is 13.8. The normalized spacial score (nSPS) is 17.5. The molecule has 5 rings (SSSR count). The van der Waals surface area contributed by atoms with E-state index in [1.807, 2.05) is 16.3 Å². The molecular formula is C29H31ClFN3O4S. The molecule has 0 N–H and O–H groups in total. The van der Waals surface area contributed by atoms with Crippen LogP contribution >= 0.6 is 22.9 Å². The summed E-state index contributed by atoms with van der Waals surface area (Å²) in [6.07, 6.45) is 0.752. The van der Waals surface area contributed by atoms with E-state index in [2.05, 4.69) is 4.90 Å². The van der Waals surface area contributed by atoms with Gasteiger partial charge in [-0.2, -0.15) is 0 Å². The van der Waals surface area contributed by atoms with Crippen LogP contribution in [0.2, 0.25) is 5.02 Å². The zero-order valence-corrected chi connectivity index (χ0v) is 23.1. The highest BCUT2D eigenvalue weighted by atomic mass is 35.5. The van der Waals surface area contributed by atoms with E-state index in [0.29, 0.717) is 49.2 Å². The second kappa shape index (κ2) is 12.9. The van der Waals surface area contributed by atoms with Crippen LogP contribution in [0.5, 0.6) is 5.75 Å². The molecule has 1 saturated heterocycles. The van der Waals surface area contributed by atoms with Gasteiger partial charge in [0.1, 0.15) is 24.7 Å². The molecule has 2 aliphatic rings. The van der Waals surface area contributed by atoms with E-state index in [0.717, 1.165) is 25.1 Å². The number of carbonyl (C=O) groups is 2. The lowest BCUT2D eigenvalue weighted by atomic mass is 10.0. The Balaban J connectivity index is 1.33. The van der Waals surface area contributed by atoms with Crippen LogP contribution in [0.1, 0.15) is 26.8 Å². The first-order chi connectivity index (χ1) is 19.0. The van der Waals surface area contributed by atoms with Gasteiger partial charge in [0.2, 0.25) is 5.91 Å². The number of rotatable bonds is 9. The number of nitrogens with zero attached hydrogens (tertiary/aromatic N) is 3. The summed E-state index contributed by atoms with van der Waals surface area (Å²) in [6.45, 7) is 4.68. The van der Waals surface area contributed by atoms with Crippen LogP contribution in [0.4, 0.5) is 4.39 Å². The third-order valence-corrected chi connectivity index (χ3v) is 8.34. The van der Waals surface area contributed by atoms with Crippen LogP contribution < -0.4 is 4.74 Å². The van der Waals surface area contributed by atoms with Gasteiger partial charge in [-0.3, -0.25) is 14.5 Å². The Labute approximate surface area is 236 Å². The number of thiophene rings is 1. The van der Waals surface area contributed by atoms with Gasteiger partial charge < -0.3 is 19.3 Å². The second-order valence-corrected chi connectivity index (χ2v) is 11.0. The van der Waals surface area contributed by atoms with E-state index in [-0.39, 0.29) is 36.8 Å². The summed E-state index contributed by atoms with van der Waals surface area (Å²) in [4.78, 5) is 34.3. The van der Waals surface area contributed by atoms with Gasteiger partial charge in [-0.05, 0) is 65.9 Å². The van der Waals surface area contributed by atoms with Crippen molar-refractivity contribution in [2.24, 2.45) is 0 Å². The Morgan fingerprint density at radius 3 is 2.67 bits per heavy atom. The largest absolute Gasteiger partial charge is 0.491 e. The summed E-state index contributed by atoms with van der Waals surface area (Å²) in [6, 6.07) is 14.4. The molecule has 2 amide bonds.